The van der Waals surface area contributed by atoms with Crippen LogP contribution >= 0.6 is 0 Å². The lowest BCUT2D eigenvalue weighted by Gasteiger charge is -2.39. The van der Waals surface area contributed by atoms with Crippen molar-refractivity contribution in [1.82, 2.24) is 9.29 Å². The SMILES string of the molecule is CC1(C)C[C@@H]2C[C@](C)(CN2S(=O)(=O)c2ccc3[nH]c(=O)oc3c2)C1. The Hall–Kier alpha value is -1.60. The van der Waals surface area contributed by atoms with Gasteiger partial charge < -0.3 is 4.42 Å². The second kappa shape index (κ2) is 4.73. The van der Waals surface area contributed by atoms with Crippen LogP contribution in [0.4, 0.5) is 0 Å². The van der Waals surface area contributed by atoms with Gasteiger partial charge >= 0.3 is 5.76 Å². The van der Waals surface area contributed by atoms with Gasteiger partial charge in [-0.05, 0) is 42.2 Å². The molecule has 0 unspecified atom stereocenters. The molecule has 2 bridgehead atoms. The van der Waals surface area contributed by atoms with Crippen LogP contribution in [0.3, 0.4) is 0 Å². The smallest absolute Gasteiger partial charge is 0.408 e. The number of hydrogen-bond acceptors (Lipinski definition) is 4. The predicted octanol–water partition coefficient (Wildman–Crippen LogP) is 2.71. The molecule has 1 saturated carbocycles. The zero-order chi connectivity index (χ0) is 17.3. The Morgan fingerprint density at radius 1 is 1.25 bits per heavy atom. The average Bonchev–Trinajstić information content (AvgIpc) is 2.92. The Labute approximate surface area is 140 Å². The lowest BCUT2D eigenvalue weighted by molar-refractivity contribution is 0.133. The van der Waals surface area contributed by atoms with E-state index in [2.05, 4.69) is 25.8 Å². The molecule has 0 amide bonds. The van der Waals surface area contributed by atoms with E-state index in [0.717, 1.165) is 19.3 Å². The number of hydrogen-bond donors (Lipinski definition) is 1. The van der Waals surface area contributed by atoms with E-state index >= 15 is 0 Å². The second-order valence-corrected chi connectivity index (χ2v) is 10.3. The van der Waals surface area contributed by atoms with Crippen LogP contribution in [0.1, 0.15) is 40.0 Å². The van der Waals surface area contributed by atoms with Gasteiger partial charge in [-0.15, -0.1) is 0 Å². The zero-order valence-electron chi connectivity index (χ0n) is 14.1. The average molecular weight is 350 g/mol. The van der Waals surface area contributed by atoms with Crippen molar-refractivity contribution >= 4 is 21.1 Å². The molecule has 0 radical (unpaired) electrons. The molecule has 2 atom stereocenters. The minimum atomic E-state index is -3.61. The zero-order valence-corrected chi connectivity index (χ0v) is 14.9. The number of benzene rings is 1. The van der Waals surface area contributed by atoms with E-state index in [9.17, 15) is 13.2 Å². The Bertz CT molecular complexity index is 972. The van der Waals surface area contributed by atoms with Crippen molar-refractivity contribution in [3.8, 4) is 0 Å². The molecule has 2 aromatic rings. The van der Waals surface area contributed by atoms with Gasteiger partial charge in [0.2, 0.25) is 10.0 Å². The lowest BCUT2D eigenvalue weighted by Crippen LogP contribution is -2.37. The van der Waals surface area contributed by atoms with Gasteiger partial charge in [-0.25, -0.2) is 13.2 Å². The van der Waals surface area contributed by atoms with E-state index in [1.165, 1.54) is 6.07 Å². The second-order valence-electron chi connectivity index (χ2n) is 8.44. The standard InChI is InChI=1S/C17H22N2O4S/c1-16(2)7-11-8-17(3,9-16)10-19(11)24(21,22)12-4-5-13-14(6-12)23-15(20)18-13/h4-6,11H,7-10H2,1-3H3,(H,18,20)/t11-,17+/m1/s1. The van der Waals surface area contributed by atoms with E-state index < -0.39 is 15.8 Å². The molecular formula is C17H22N2O4S. The molecular weight excluding hydrogens is 328 g/mol. The molecule has 1 aliphatic heterocycles. The van der Waals surface area contributed by atoms with Gasteiger partial charge in [0.05, 0.1) is 10.4 Å². The molecule has 6 nitrogen and oxygen atoms in total. The van der Waals surface area contributed by atoms with Crippen LogP contribution in [-0.4, -0.2) is 30.3 Å². The largest absolute Gasteiger partial charge is 0.417 e. The lowest BCUT2D eigenvalue weighted by atomic mass is 9.65. The van der Waals surface area contributed by atoms with Crippen LogP contribution < -0.4 is 5.76 Å². The maximum atomic E-state index is 13.2. The first-order valence-corrected chi connectivity index (χ1v) is 9.67. The predicted molar refractivity (Wildman–Crippen MR) is 90.3 cm³/mol. The van der Waals surface area contributed by atoms with Crippen LogP contribution in [0.25, 0.3) is 11.1 Å². The number of H-pyrrole nitrogens is 1. The first kappa shape index (κ1) is 15.9. The highest BCUT2D eigenvalue weighted by Gasteiger charge is 2.53. The fraction of sp³-hybridized carbons (Fsp3) is 0.588. The minimum absolute atomic E-state index is 0.0320. The van der Waals surface area contributed by atoms with Crippen molar-refractivity contribution in [3.63, 3.8) is 0 Å². The molecule has 130 valence electrons. The maximum absolute atomic E-state index is 13.2. The highest BCUT2D eigenvalue weighted by atomic mass is 32.2. The molecule has 2 heterocycles. The van der Waals surface area contributed by atoms with Gasteiger partial charge in [-0.2, -0.15) is 4.31 Å². The van der Waals surface area contributed by atoms with E-state index in [1.807, 2.05) is 0 Å². The molecule has 4 rings (SSSR count). The van der Waals surface area contributed by atoms with Gasteiger partial charge in [0.15, 0.2) is 5.58 Å². The molecule has 0 spiro atoms. The van der Waals surface area contributed by atoms with Gasteiger partial charge in [-0.1, -0.05) is 20.8 Å². The van der Waals surface area contributed by atoms with Crippen molar-refractivity contribution in [2.24, 2.45) is 10.8 Å². The number of rotatable bonds is 2. The molecule has 1 aliphatic carbocycles. The van der Waals surface area contributed by atoms with Gasteiger partial charge in [0, 0.05) is 18.7 Å². The fourth-order valence-corrected chi connectivity index (χ4v) is 6.70. The molecule has 1 aromatic heterocycles. The fourth-order valence-electron chi connectivity index (χ4n) is 4.91. The molecule has 2 fully saturated rings. The summed E-state index contributed by atoms with van der Waals surface area (Å²) in [4.78, 5) is 14.0. The summed E-state index contributed by atoms with van der Waals surface area (Å²) in [5.41, 5.74) is 0.964. The quantitative estimate of drug-likeness (QED) is 0.903. The van der Waals surface area contributed by atoms with Crippen LogP contribution in [0.2, 0.25) is 0 Å². The number of aromatic nitrogens is 1. The third-order valence-corrected chi connectivity index (χ3v) is 7.26. The summed E-state index contributed by atoms with van der Waals surface area (Å²) in [5.74, 6) is -0.578. The Kier molecular flexibility index (Phi) is 3.13. The van der Waals surface area contributed by atoms with Crippen molar-refractivity contribution in [1.29, 1.82) is 0 Å². The number of nitrogens with zero attached hydrogens (tertiary/aromatic N) is 1. The summed E-state index contributed by atoms with van der Waals surface area (Å²) in [6.45, 7) is 7.17. The number of aromatic amines is 1. The number of nitrogens with one attached hydrogen (secondary N) is 1. The van der Waals surface area contributed by atoms with Gasteiger partial charge in [-0.3, -0.25) is 4.98 Å². The Balaban J connectivity index is 1.75. The summed E-state index contributed by atoms with van der Waals surface area (Å²) < 4.78 is 33.0. The van der Waals surface area contributed by atoms with Crippen LogP contribution in [0.15, 0.2) is 32.3 Å². The van der Waals surface area contributed by atoms with E-state index in [-0.39, 0.29) is 27.4 Å². The molecule has 1 aromatic carbocycles. The number of oxazole rings is 1. The van der Waals surface area contributed by atoms with E-state index in [1.54, 1.807) is 16.4 Å². The Morgan fingerprint density at radius 2 is 2.00 bits per heavy atom. The van der Waals surface area contributed by atoms with E-state index in [0.29, 0.717) is 12.1 Å². The van der Waals surface area contributed by atoms with Crippen molar-refractivity contribution < 1.29 is 12.8 Å². The van der Waals surface area contributed by atoms with Crippen LogP contribution in [-0.2, 0) is 10.0 Å². The van der Waals surface area contributed by atoms with E-state index in [4.69, 9.17) is 4.42 Å². The van der Waals surface area contributed by atoms with Crippen LogP contribution in [0, 0.1) is 10.8 Å². The molecule has 1 N–H and O–H groups in total. The molecule has 24 heavy (non-hydrogen) atoms. The first-order valence-electron chi connectivity index (χ1n) is 8.23. The summed E-state index contributed by atoms with van der Waals surface area (Å²) in [7, 11) is -3.61. The third-order valence-electron chi connectivity index (χ3n) is 5.37. The monoisotopic (exact) mass is 350 g/mol. The van der Waals surface area contributed by atoms with Gasteiger partial charge in [0.25, 0.3) is 0 Å². The summed E-state index contributed by atoms with van der Waals surface area (Å²) in [5, 5.41) is 0. The van der Waals surface area contributed by atoms with Crippen molar-refractivity contribution in [2.45, 2.75) is 51.0 Å². The molecule has 1 saturated heterocycles. The highest BCUT2D eigenvalue weighted by Crippen LogP contribution is 2.53. The number of sulfonamides is 1. The summed E-state index contributed by atoms with van der Waals surface area (Å²) >= 11 is 0. The van der Waals surface area contributed by atoms with Crippen molar-refractivity contribution in [3.05, 3.63) is 28.7 Å². The topological polar surface area (TPSA) is 83.4 Å². The Morgan fingerprint density at radius 3 is 2.75 bits per heavy atom. The first-order chi connectivity index (χ1) is 11.1. The number of fused-ring (bicyclic) bond motifs is 3. The normalized spacial score (nSPS) is 30.0. The maximum Gasteiger partial charge on any atom is 0.417 e. The van der Waals surface area contributed by atoms with Gasteiger partial charge in [0.1, 0.15) is 0 Å². The van der Waals surface area contributed by atoms with Crippen LogP contribution in [0.5, 0.6) is 0 Å². The van der Waals surface area contributed by atoms with Crippen molar-refractivity contribution in [2.75, 3.05) is 6.54 Å². The minimum Gasteiger partial charge on any atom is -0.408 e. The molecule has 2 aliphatic rings. The summed E-state index contributed by atoms with van der Waals surface area (Å²) in [6, 6.07) is 4.61. The third kappa shape index (κ3) is 2.41. The highest BCUT2D eigenvalue weighted by molar-refractivity contribution is 7.89. The molecule has 7 heteroatoms. The summed E-state index contributed by atoms with van der Waals surface area (Å²) in [6.07, 6.45) is 2.83.